The molecule has 1 rings (SSSR count). The molecule has 0 fully saturated rings. The monoisotopic (exact) mass is 416 g/mol. The van der Waals surface area contributed by atoms with E-state index >= 15 is 0 Å². The molecule has 0 radical (unpaired) electrons. The normalized spacial score (nSPS) is 13.4. The van der Waals surface area contributed by atoms with Crippen molar-refractivity contribution in [3.63, 3.8) is 0 Å². The van der Waals surface area contributed by atoms with Gasteiger partial charge in [-0.1, -0.05) is 96.4 Å². The van der Waals surface area contributed by atoms with Crippen LogP contribution in [0.25, 0.3) is 0 Å². The molecule has 1 aromatic rings. The molecule has 0 aliphatic carbocycles. The minimum absolute atomic E-state index is 0.109. The second kappa shape index (κ2) is 12.6. The molecular formula is C26H40O4. The third-order valence-electron chi connectivity index (χ3n) is 6.45. The van der Waals surface area contributed by atoms with Gasteiger partial charge < -0.3 is 9.84 Å². The van der Waals surface area contributed by atoms with Crippen LogP contribution in [0, 0.1) is 16.7 Å². The predicted molar refractivity (Wildman–Crippen MR) is 122 cm³/mol. The topological polar surface area (TPSA) is 63.6 Å². The van der Waals surface area contributed by atoms with E-state index in [1.54, 1.807) is 0 Å². The van der Waals surface area contributed by atoms with Crippen LogP contribution in [0.2, 0.25) is 0 Å². The Morgan fingerprint density at radius 3 is 2.20 bits per heavy atom. The van der Waals surface area contributed by atoms with Crippen LogP contribution in [0.3, 0.4) is 0 Å². The number of aliphatic carboxylic acids is 1. The lowest BCUT2D eigenvalue weighted by Crippen LogP contribution is -2.26. The number of carboxylic acid groups (broad SMARTS) is 1. The smallest absolute Gasteiger partial charge is 0.307 e. The van der Waals surface area contributed by atoms with Crippen molar-refractivity contribution in [1.82, 2.24) is 0 Å². The molecule has 0 amide bonds. The summed E-state index contributed by atoms with van der Waals surface area (Å²) in [6, 6.07) is 9.40. The Bertz CT molecular complexity index is 672. The highest BCUT2D eigenvalue weighted by molar-refractivity contribution is 5.78. The van der Waals surface area contributed by atoms with Gasteiger partial charge >= 0.3 is 11.9 Å². The van der Waals surface area contributed by atoms with Gasteiger partial charge in [0, 0.05) is 0 Å². The first kappa shape index (κ1) is 25.9. The maximum atomic E-state index is 12.1. The molecule has 1 N–H and O–H groups in total. The van der Waals surface area contributed by atoms with Gasteiger partial charge in [0.05, 0.1) is 12.3 Å². The Balaban J connectivity index is 2.60. The zero-order chi connectivity index (χ0) is 22.6. The number of ether oxygens (including phenoxy) is 1. The van der Waals surface area contributed by atoms with Crippen LogP contribution in [-0.2, 0) is 20.9 Å². The molecule has 0 heterocycles. The summed E-state index contributed by atoms with van der Waals surface area (Å²) in [5.41, 5.74) is 1.43. The van der Waals surface area contributed by atoms with E-state index in [0.29, 0.717) is 11.8 Å². The zero-order valence-corrected chi connectivity index (χ0v) is 19.4. The molecule has 30 heavy (non-hydrogen) atoms. The molecule has 0 spiro atoms. The lowest BCUT2D eigenvalue weighted by atomic mass is 9.67. The summed E-state index contributed by atoms with van der Waals surface area (Å²) in [6.07, 6.45) is 9.72. The molecule has 0 aliphatic rings. The SMILES string of the molecule is CCC(C)(C)CC(CC)(CC)CC=CCC(CC(=O)OCc1ccccc1)C(=O)O. The van der Waals surface area contributed by atoms with Crippen molar-refractivity contribution in [1.29, 1.82) is 0 Å². The molecule has 168 valence electrons. The number of hydrogen-bond acceptors (Lipinski definition) is 3. The number of carbonyl (C=O) groups is 2. The molecule has 0 bridgehead atoms. The minimum atomic E-state index is -0.958. The molecule has 1 aromatic carbocycles. The van der Waals surface area contributed by atoms with Gasteiger partial charge in [-0.25, -0.2) is 0 Å². The molecule has 1 atom stereocenters. The fourth-order valence-electron chi connectivity index (χ4n) is 3.86. The van der Waals surface area contributed by atoms with Gasteiger partial charge in [-0.15, -0.1) is 0 Å². The minimum Gasteiger partial charge on any atom is -0.481 e. The highest BCUT2D eigenvalue weighted by Crippen LogP contribution is 2.43. The Morgan fingerprint density at radius 2 is 1.67 bits per heavy atom. The van der Waals surface area contributed by atoms with Gasteiger partial charge in [0.15, 0.2) is 0 Å². The summed E-state index contributed by atoms with van der Waals surface area (Å²) < 4.78 is 5.24. The second-order valence-corrected chi connectivity index (χ2v) is 9.20. The third kappa shape index (κ3) is 9.15. The molecule has 4 nitrogen and oxygen atoms in total. The van der Waals surface area contributed by atoms with E-state index in [2.05, 4.69) is 40.7 Å². The number of carbonyl (C=O) groups excluding carboxylic acids is 1. The van der Waals surface area contributed by atoms with Crippen molar-refractivity contribution >= 4 is 11.9 Å². The van der Waals surface area contributed by atoms with Gasteiger partial charge in [0.25, 0.3) is 0 Å². The van der Waals surface area contributed by atoms with Gasteiger partial charge in [0.1, 0.15) is 6.61 Å². The van der Waals surface area contributed by atoms with Gasteiger partial charge in [-0.3, -0.25) is 9.59 Å². The summed E-state index contributed by atoms with van der Waals surface area (Å²) in [4.78, 5) is 23.7. The molecule has 4 heteroatoms. The van der Waals surface area contributed by atoms with E-state index in [-0.39, 0.29) is 18.4 Å². The number of carboxylic acids is 1. The Morgan fingerprint density at radius 1 is 1.03 bits per heavy atom. The Kier molecular flexibility index (Phi) is 10.9. The first-order valence-corrected chi connectivity index (χ1v) is 11.2. The maximum absolute atomic E-state index is 12.1. The number of benzene rings is 1. The highest BCUT2D eigenvalue weighted by Gasteiger charge is 2.31. The van der Waals surface area contributed by atoms with Crippen molar-refractivity contribution < 1.29 is 19.4 Å². The van der Waals surface area contributed by atoms with Crippen molar-refractivity contribution in [2.75, 3.05) is 0 Å². The second-order valence-electron chi connectivity index (χ2n) is 9.20. The average Bonchev–Trinajstić information content (AvgIpc) is 2.74. The Hall–Kier alpha value is -2.10. The summed E-state index contributed by atoms with van der Waals surface area (Å²) in [6.45, 7) is 11.5. The number of hydrogen-bond donors (Lipinski definition) is 1. The van der Waals surface area contributed by atoms with Crippen LogP contribution in [0.15, 0.2) is 42.5 Å². The summed E-state index contributed by atoms with van der Waals surface area (Å²) in [5.74, 6) is -2.18. The van der Waals surface area contributed by atoms with Crippen molar-refractivity contribution in [3.05, 3.63) is 48.0 Å². The van der Waals surface area contributed by atoms with Crippen LogP contribution in [-0.4, -0.2) is 17.0 Å². The average molecular weight is 417 g/mol. The first-order chi connectivity index (χ1) is 14.2. The quantitative estimate of drug-likeness (QED) is 0.268. The van der Waals surface area contributed by atoms with E-state index < -0.39 is 17.9 Å². The number of esters is 1. The molecule has 0 saturated heterocycles. The summed E-state index contributed by atoms with van der Waals surface area (Å²) in [7, 11) is 0. The van der Waals surface area contributed by atoms with E-state index in [1.165, 1.54) is 0 Å². The van der Waals surface area contributed by atoms with E-state index in [4.69, 9.17) is 4.74 Å². The molecule has 0 saturated carbocycles. The van der Waals surface area contributed by atoms with Crippen LogP contribution < -0.4 is 0 Å². The standard InChI is InChI=1S/C26H40O4/c1-6-25(4,5)20-26(7-2,8-3)17-13-12-16-22(24(28)29)18-23(27)30-19-21-14-10-9-11-15-21/h9-15,22H,6-8,16-20H2,1-5H3,(H,28,29). The molecule has 0 aliphatic heterocycles. The third-order valence-corrected chi connectivity index (χ3v) is 6.45. The zero-order valence-electron chi connectivity index (χ0n) is 19.4. The first-order valence-electron chi connectivity index (χ1n) is 11.2. The van der Waals surface area contributed by atoms with Crippen LogP contribution in [0.1, 0.15) is 85.1 Å². The predicted octanol–water partition coefficient (Wildman–Crippen LogP) is 6.79. The molecule has 0 aromatic heterocycles. The van der Waals surface area contributed by atoms with Gasteiger partial charge in [0.2, 0.25) is 0 Å². The van der Waals surface area contributed by atoms with E-state index in [9.17, 15) is 14.7 Å². The van der Waals surface area contributed by atoms with Crippen molar-refractivity contribution in [3.8, 4) is 0 Å². The Labute approximate surface area is 182 Å². The number of allylic oxidation sites excluding steroid dienone is 2. The summed E-state index contributed by atoms with van der Waals surface area (Å²) >= 11 is 0. The molecular weight excluding hydrogens is 376 g/mol. The van der Waals surface area contributed by atoms with Crippen LogP contribution >= 0.6 is 0 Å². The van der Waals surface area contributed by atoms with Gasteiger partial charge in [-0.2, -0.15) is 0 Å². The largest absolute Gasteiger partial charge is 0.481 e. The fraction of sp³-hybridized carbons (Fsp3) is 0.615. The van der Waals surface area contributed by atoms with E-state index in [1.807, 2.05) is 36.4 Å². The lowest BCUT2D eigenvalue weighted by Gasteiger charge is -2.38. The number of rotatable bonds is 14. The highest BCUT2D eigenvalue weighted by atomic mass is 16.5. The van der Waals surface area contributed by atoms with Crippen molar-refractivity contribution in [2.45, 2.75) is 86.2 Å². The van der Waals surface area contributed by atoms with Crippen LogP contribution in [0.4, 0.5) is 0 Å². The van der Waals surface area contributed by atoms with Crippen LogP contribution in [0.5, 0.6) is 0 Å². The maximum Gasteiger partial charge on any atom is 0.307 e. The molecule has 1 unspecified atom stereocenters. The van der Waals surface area contributed by atoms with E-state index in [0.717, 1.165) is 37.7 Å². The summed E-state index contributed by atoms with van der Waals surface area (Å²) in [5, 5.41) is 9.50. The van der Waals surface area contributed by atoms with Crippen molar-refractivity contribution in [2.24, 2.45) is 16.7 Å². The van der Waals surface area contributed by atoms with Gasteiger partial charge in [-0.05, 0) is 35.7 Å². The lowest BCUT2D eigenvalue weighted by molar-refractivity contribution is -0.152. The fourth-order valence-corrected chi connectivity index (χ4v) is 3.86.